The molecule has 0 fully saturated rings. The van der Waals surface area contributed by atoms with E-state index in [0.29, 0.717) is 0 Å². The summed E-state index contributed by atoms with van der Waals surface area (Å²) in [6.45, 7) is 10.9. The van der Waals surface area contributed by atoms with Crippen LogP contribution in [0.2, 0.25) is 18.1 Å². The summed E-state index contributed by atoms with van der Waals surface area (Å²) in [4.78, 5) is 11.1. The molecule has 0 saturated heterocycles. The lowest BCUT2D eigenvalue weighted by Crippen LogP contribution is -2.42. The third-order valence-corrected chi connectivity index (χ3v) is 9.47. The van der Waals surface area contributed by atoms with Crippen LogP contribution in [0.1, 0.15) is 27.0 Å². The second-order valence-corrected chi connectivity index (χ2v) is 12.7. The third kappa shape index (κ3) is 3.36. The zero-order valence-electron chi connectivity index (χ0n) is 15.5. The van der Waals surface area contributed by atoms with E-state index in [1.807, 2.05) is 0 Å². The van der Waals surface area contributed by atoms with Crippen LogP contribution < -0.4 is 5.73 Å². The molecule has 3 rings (SSSR count). The quantitative estimate of drug-likeness (QED) is 0.644. The van der Waals surface area contributed by atoms with Gasteiger partial charge in [0.05, 0.1) is 12.9 Å². The van der Waals surface area contributed by atoms with Gasteiger partial charge in [0.15, 0.2) is 31.5 Å². The summed E-state index contributed by atoms with van der Waals surface area (Å²) in [5.74, 6) is -0.614. The lowest BCUT2D eigenvalue weighted by molar-refractivity contribution is -0.0151. The molecule has 1 aliphatic heterocycles. The lowest BCUT2D eigenvalue weighted by Gasteiger charge is -2.36. The van der Waals surface area contributed by atoms with E-state index in [1.165, 1.54) is 17.0 Å². The highest BCUT2D eigenvalue weighted by Crippen LogP contribution is 2.38. The molecule has 2 atom stereocenters. The number of nitrogens with two attached hydrogens (primary N) is 1. The van der Waals surface area contributed by atoms with Crippen molar-refractivity contribution in [1.29, 1.82) is 0 Å². The van der Waals surface area contributed by atoms with Crippen LogP contribution in [0.5, 0.6) is 0 Å². The van der Waals surface area contributed by atoms with Crippen molar-refractivity contribution in [2.45, 2.75) is 51.2 Å². The zero-order valence-corrected chi connectivity index (χ0v) is 16.5. The Hall–Kier alpha value is -1.91. The van der Waals surface area contributed by atoms with Crippen molar-refractivity contribution in [2.24, 2.45) is 0 Å². The Morgan fingerprint density at radius 3 is 2.65 bits per heavy atom. The van der Waals surface area contributed by atoms with Crippen molar-refractivity contribution < 1.29 is 17.9 Å². The molecule has 10 heteroatoms. The van der Waals surface area contributed by atoms with Crippen molar-refractivity contribution in [3.63, 3.8) is 0 Å². The number of ether oxygens (including phenoxy) is 1. The molecule has 0 amide bonds. The largest absolute Gasteiger partial charge is 0.414 e. The highest BCUT2D eigenvalue weighted by Gasteiger charge is 2.39. The number of nitrogens with zero attached hydrogens (tertiary/aromatic N) is 4. The minimum atomic E-state index is -1.98. The number of rotatable bonds is 4. The van der Waals surface area contributed by atoms with Crippen LogP contribution in [0.4, 0.5) is 14.6 Å². The fourth-order valence-electron chi connectivity index (χ4n) is 2.40. The molecule has 2 aromatic rings. The molecular weight excluding hydrogens is 360 g/mol. The standard InChI is InChI=1S/C16H23F2N5O2Si/c1-16(2,3)26(4,5)24-7-9-6-10(17)14(25-9)23-8-20-11-12(19)21-15(18)22-13(11)23/h6,8-9,14H,7H2,1-5H3,(H2,19,21,22)/t9-,14+/m1/s1. The molecule has 0 aromatic carbocycles. The minimum absolute atomic E-state index is 0.0415. The Balaban J connectivity index is 1.78. The van der Waals surface area contributed by atoms with E-state index in [0.717, 1.165) is 0 Å². The van der Waals surface area contributed by atoms with Gasteiger partial charge in [-0.2, -0.15) is 14.4 Å². The normalized spacial score (nSPS) is 21.4. The monoisotopic (exact) mass is 383 g/mol. The maximum absolute atomic E-state index is 14.5. The van der Waals surface area contributed by atoms with E-state index in [-0.39, 0.29) is 28.6 Å². The van der Waals surface area contributed by atoms with Gasteiger partial charge in [0.2, 0.25) is 0 Å². The van der Waals surface area contributed by atoms with Gasteiger partial charge >= 0.3 is 6.08 Å². The number of aromatic nitrogens is 4. The van der Waals surface area contributed by atoms with Crippen LogP contribution in [0, 0.1) is 6.08 Å². The number of hydrogen-bond donors (Lipinski definition) is 1. The fourth-order valence-corrected chi connectivity index (χ4v) is 3.42. The molecular formula is C16H23F2N5O2Si. The van der Waals surface area contributed by atoms with Crippen LogP contribution in [-0.2, 0) is 9.16 Å². The van der Waals surface area contributed by atoms with Gasteiger partial charge < -0.3 is 14.9 Å². The Morgan fingerprint density at radius 2 is 2.00 bits per heavy atom. The molecule has 0 radical (unpaired) electrons. The highest BCUT2D eigenvalue weighted by atomic mass is 28.4. The maximum Gasteiger partial charge on any atom is 0.312 e. The zero-order chi connectivity index (χ0) is 19.3. The molecule has 0 unspecified atom stereocenters. The van der Waals surface area contributed by atoms with Crippen molar-refractivity contribution in [2.75, 3.05) is 12.3 Å². The number of nitrogen functional groups attached to an aromatic ring is 1. The molecule has 0 aliphatic carbocycles. The van der Waals surface area contributed by atoms with Crippen molar-refractivity contribution in [3.05, 3.63) is 24.3 Å². The Bertz CT molecular complexity index is 862. The molecule has 0 saturated carbocycles. The van der Waals surface area contributed by atoms with E-state index in [4.69, 9.17) is 14.9 Å². The van der Waals surface area contributed by atoms with E-state index in [9.17, 15) is 8.78 Å². The smallest absolute Gasteiger partial charge is 0.312 e. The first-order valence-corrected chi connectivity index (χ1v) is 11.2. The average Bonchev–Trinajstić information content (AvgIpc) is 3.07. The minimum Gasteiger partial charge on any atom is -0.414 e. The summed E-state index contributed by atoms with van der Waals surface area (Å²) in [6.07, 6.45) is 0.0451. The van der Waals surface area contributed by atoms with Crippen LogP contribution >= 0.6 is 0 Å². The van der Waals surface area contributed by atoms with Crippen LogP contribution in [0.25, 0.3) is 11.2 Å². The fraction of sp³-hybridized carbons (Fsp3) is 0.562. The number of anilines is 1. The van der Waals surface area contributed by atoms with Gasteiger partial charge in [-0.25, -0.2) is 9.37 Å². The second kappa shape index (κ2) is 6.36. The van der Waals surface area contributed by atoms with Gasteiger partial charge in [-0.3, -0.25) is 4.57 Å². The lowest BCUT2D eigenvalue weighted by atomic mass is 10.2. The maximum atomic E-state index is 14.5. The summed E-state index contributed by atoms with van der Waals surface area (Å²) < 4.78 is 41.1. The van der Waals surface area contributed by atoms with E-state index in [1.54, 1.807) is 0 Å². The molecule has 0 bridgehead atoms. The van der Waals surface area contributed by atoms with Gasteiger partial charge in [-0.15, -0.1) is 0 Å². The first-order valence-electron chi connectivity index (χ1n) is 8.32. The van der Waals surface area contributed by atoms with Gasteiger partial charge in [-0.1, -0.05) is 20.8 Å². The number of hydrogen-bond acceptors (Lipinski definition) is 6. The van der Waals surface area contributed by atoms with Crippen molar-refractivity contribution >= 4 is 25.3 Å². The first kappa shape index (κ1) is 18.9. The molecule has 2 aromatic heterocycles. The van der Waals surface area contributed by atoms with Gasteiger partial charge in [0.1, 0.15) is 11.9 Å². The Labute approximate surface area is 151 Å². The summed E-state index contributed by atoms with van der Waals surface area (Å²) in [6, 6.07) is 0. The molecule has 2 N–H and O–H groups in total. The average molecular weight is 383 g/mol. The predicted molar refractivity (Wildman–Crippen MR) is 95.9 cm³/mol. The molecule has 3 heterocycles. The van der Waals surface area contributed by atoms with E-state index >= 15 is 0 Å². The van der Waals surface area contributed by atoms with Gasteiger partial charge in [-0.05, 0) is 24.2 Å². The van der Waals surface area contributed by atoms with E-state index < -0.39 is 32.6 Å². The van der Waals surface area contributed by atoms with Crippen molar-refractivity contribution in [1.82, 2.24) is 19.5 Å². The Morgan fingerprint density at radius 1 is 1.31 bits per heavy atom. The van der Waals surface area contributed by atoms with Crippen LogP contribution in [0.15, 0.2) is 18.2 Å². The predicted octanol–water partition coefficient (Wildman–Crippen LogP) is 3.32. The molecule has 142 valence electrons. The van der Waals surface area contributed by atoms with Crippen LogP contribution in [-0.4, -0.2) is 40.5 Å². The van der Waals surface area contributed by atoms with Gasteiger partial charge in [0.25, 0.3) is 0 Å². The first-order chi connectivity index (χ1) is 12.0. The third-order valence-electron chi connectivity index (χ3n) is 4.97. The van der Waals surface area contributed by atoms with Crippen molar-refractivity contribution in [3.8, 4) is 0 Å². The summed E-state index contributed by atoms with van der Waals surface area (Å²) in [5, 5.41) is 0.0415. The van der Waals surface area contributed by atoms with E-state index in [2.05, 4.69) is 48.8 Å². The molecule has 0 spiro atoms. The summed E-state index contributed by atoms with van der Waals surface area (Å²) in [5.41, 5.74) is 5.91. The number of imidazole rings is 1. The highest BCUT2D eigenvalue weighted by molar-refractivity contribution is 6.74. The Kier molecular flexibility index (Phi) is 4.61. The van der Waals surface area contributed by atoms with Gasteiger partial charge in [0, 0.05) is 0 Å². The topological polar surface area (TPSA) is 88.1 Å². The van der Waals surface area contributed by atoms with Crippen LogP contribution in [0.3, 0.4) is 0 Å². The summed E-state index contributed by atoms with van der Waals surface area (Å²) >= 11 is 0. The number of fused-ring (bicyclic) bond motifs is 1. The second-order valence-electron chi connectivity index (χ2n) is 7.85. The molecule has 1 aliphatic rings. The SMILES string of the molecule is CC(C)(C)[Si](C)(C)OC[C@H]1C=C(F)[C@@H](n2cnc3c(N)nc(F)nc32)O1. The number of halogens is 2. The summed E-state index contributed by atoms with van der Waals surface area (Å²) in [7, 11) is -1.98. The molecule has 26 heavy (non-hydrogen) atoms. The molecule has 7 nitrogen and oxygen atoms in total.